The van der Waals surface area contributed by atoms with Crippen molar-refractivity contribution in [2.45, 2.75) is 18.8 Å². The van der Waals surface area contributed by atoms with E-state index in [4.69, 9.17) is 5.73 Å². The highest BCUT2D eigenvalue weighted by molar-refractivity contribution is 6.04. The Bertz CT molecular complexity index is 585. The van der Waals surface area contributed by atoms with Crippen LogP contribution in [0.1, 0.15) is 34.9 Å². The molecular formula is C12H15N5O. The van der Waals surface area contributed by atoms with Crippen LogP contribution in [0.25, 0.3) is 11.0 Å². The highest BCUT2D eigenvalue weighted by Gasteiger charge is 2.19. The Hall–Kier alpha value is -1.95. The van der Waals surface area contributed by atoms with Crippen LogP contribution in [-0.4, -0.2) is 33.9 Å². The van der Waals surface area contributed by atoms with Gasteiger partial charge in [-0.1, -0.05) is 0 Å². The van der Waals surface area contributed by atoms with Crippen LogP contribution in [0.2, 0.25) is 0 Å². The lowest BCUT2D eigenvalue weighted by Gasteiger charge is -2.21. The first-order valence-corrected chi connectivity index (χ1v) is 6.10. The highest BCUT2D eigenvalue weighted by Crippen LogP contribution is 2.24. The first-order valence-electron chi connectivity index (χ1n) is 6.10. The molecule has 2 aromatic rings. The number of rotatable bonds is 2. The lowest BCUT2D eigenvalue weighted by atomic mass is 9.97. The zero-order valence-electron chi connectivity index (χ0n) is 9.94. The molecule has 4 N–H and O–H groups in total. The number of fused-ring (bicyclic) bond motifs is 1. The van der Waals surface area contributed by atoms with Gasteiger partial charge >= 0.3 is 0 Å². The lowest BCUT2D eigenvalue weighted by Crippen LogP contribution is -2.27. The van der Waals surface area contributed by atoms with Crippen LogP contribution in [0.5, 0.6) is 0 Å². The van der Waals surface area contributed by atoms with E-state index in [0.717, 1.165) is 37.3 Å². The average molecular weight is 245 g/mol. The third-order valence-corrected chi connectivity index (χ3v) is 3.40. The van der Waals surface area contributed by atoms with Crippen molar-refractivity contribution in [2.24, 2.45) is 5.73 Å². The molecule has 0 saturated carbocycles. The number of hydrogen-bond donors (Lipinski definition) is 3. The zero-order chi connectivity index (χ0) is 12.5. The number of aromatic amines is 1. The van der Waals surface area contributed by atoms with Crippen molar-refractivity contribution in [3.63, 3.8) is 0 Å². The first-order chi connectivity index (χ1) is 8.75. The number of carbonyl (C=O) groups is 1. The molecule has 0 bridgehead atoms. The van der Waals surface area contributed by atoms with Crippen molar-refractivity contribution < 1.29 is 4.79 Å². The van der Waals surface area contributed by atoms with Crippen LogP contribution >= 0.6 is 0 Å². The van der Waals surface area contributed by atoms with Crippen LogP contribution in [0, 0.1) is 0 Å². The number of carbonyl (C=O) groups excluding carboxylic acids is 1. The summed E-state index contributed by atoms with van der Waals surface area (Å²) in [7, 11) is 0. The second kappa shape index (κ2) is 4.38. The molecule has 6 nitrogen and oxygen atoms in total. The summed E-state index contributed by atoms with van der Waals surface area (Å²) in [5.41, 5.74) is 7.14. The number of aromatic nitrogens is 3. The smallest absolute Gasteiger partial charge is 0.252 e. The number of nitrogens with two attached hydrogens (primary N) is 1. The van der Waals surface area contributed by atoms with Gasteiger partial charge in [0.1, 0.15) is 11.3 Å². The minimum absolute atomic E-state index is 0.367. The SMILES string of the molecule is NC(=O)c1c[nH]c2cnc(C3CCNCC3)nc12. The molecular weight excluding hydrogens is 230 g/mol. The molecule has 0 aliphatic carbocycles. The number of hydrogen-bond acceptors (Lipinski definition) is 4. The summed E-state index contributed by atoms with van der Waals surface area (Å²) in [5.74, 6) is 0.716. The number of amides is 1. The Labute approximate surface area is 104 Å². The molecule has 1 aliphatic rings. The molecule has 2 aromatic heterocycles. The van der Waals surface area contributed by atoms with Gasteiger partial charge in [-0.3, -0.25) is 4.79 Å². The van der Waals surface area contributed by atoms with Gasteiger partial charge in [0.25, 0.3) is 5.91 Å². The predicted molar refractivity (Wildman–Crippen MR) is 67.3 cm³/mol. The molecule has 0 unspecified atom stereocenters. The van der Waals surface area contributed by atoms with Gasteiger partial charge in [0.15, 0.2) is 0 Å². The number of piperidine rings is 1. The van der Waals surface area contributed by atoms with Crippen molar-refractivity contribution >= 4 is 16.9 Å². The third kappa shape index (κ3) is 1.84. The van der Waals surface area contributed by atoms with Crippen molar-refractivity contribution in [2.75, 3.05) is 13.1 Å². The number of primary amides is 1. The van der Waals surface area contributed by atoms with E-state index in [1.807, 2.05) is 0 Å². The van der Waals surface area contributed by atoms with Gasteiger partial charge < -0.3 is 16.0 Å². The largest absolute Gasteiger partial charge is 0.365 e. The Balaban J connectivity index is 2.03. The van der Waals surface area contributed by atoms with E-state index in [0.29, 0.717) is 17.0 Å². The fraction of sp³-hybridized carbons (Fsp3) is 0.417. The molecule has 18 heavy (non-hydrogen) atoms. The molecule has 3 rings (SSSR count). The van der Waals surface area contributed by atoms with Crippen LogP contribution in [-0.2, 0) is 0 Å². The Morgan fingerprint density at radius 2 is 2.17 bits per heavy atom. The Morgan fingerprint density at radius 1 is 1.39 bits per heavy atom. The molecule has 3 heterocycles. The van der Waals surface area contributed by atoms with Gasteiger partial charge in [-0.2, -0.15) is 0 Å². The predicted octanol–water partition coefficient (Wildman–Crippen LogP) is 0.524. The minimum atomic E-state index is -0.462. The summed E-state index contributed by atoms with van der Waals surface area (Å²) in [6, 6.07) is 0. The first kappa shape index (κ1) is 11.2. The van der Waals surface area contributed by atoms with E-state index >= 15 is 0 Å². The molecule has 0 spiro atoms. The normalized spacial score (nSPS) is 17.1. The van der Waals surface area contributed by atoms with Gasteiger partial charge in [-0.15, -0.1) is 0 Å². The van der Waals surface area contributed by atoms with Crippen LogP contribution < -0.4 is 11.1 Å². The van der Waals surface area contributed by atoms with Crippen LogP contribution in [0.15, 0.2) is 12.4 Å². The van der Waals surface area contributed by atoms with Gasteiger partial charge in [-0.25, -0.2) is 9.97 Å². The summed E-state index contributed by atoms with van der Waals surface area (Å²) in [6.07, 6.45) is 5.38. The van der Waals surface area contributed by atoms with Crippen molar-refractivity contribution in [1.82, 2.24) is 20.3 Å². The van der Waals surface area contributed by atoms with Crippen LogP contribution in [0.3, 0.4) is 0 Å². The summed E-state index contributed by atoms with van der Waals surface area (Å²) in [5, 5.41) is 3.31. The minimum Gasteiger partial charge on any atom is -0.365 e. The quantitative estimate of drug-likeness (QED) is 0.718. The lowest BCUT2D eigenvalue weighted by molar-refractivity contribution is 0.100. The summed E-state index contributed by atoms with van der Waals surface area (Å²) >= 11 is 0. The second-order valence-electron chi connectivity index (χ2n) is 4.58. The second-order valence-corrected chi connectivity index (χ2v) is 4.58. The van der Waals surface area contributed by atoms with E-state index in [1.54, 1.807) is 12.4 Å². The van der Waals surface area contributed by atoms with Crippen LogP contribution in [0.4, 0.5) is 0 Å². The van der Waals surface area contributed by atoms with E-state index in [2.05, 4.69) is 20.3 Å². The molecule has 0 aromatic carbocycles. The maximum Gasteiger partial charge on any atom is 0.252 e. The monoisotopic (exact) mass is 245 g/mol. The molecule has 1 aliphatic heterocycles. The number of nitrogens with zero attached hydrogens (tertiary/aromatic N) is 2. The summed E-state index contributed by atoms with van der Waals surface area (Å²) in [4.78, 5) is 23.1. The fourth-order valence-electron chi connectivity index (χ4n) is 2.39. The fourth-order valence-corrected chi connectivity index (χ4v) is 2.39. The van der Waals surface area contributed by atoms with E-state index in [9.17, 15) is 4.79 Å². The van der Waals surface area contributed by atoms with Gasteiger partial charge in [0.2, 0.25) is 0 Å². The van der Waals surface area contributed by atoms with Gasteiger partial charge in [-0.05, 0) is 25.9 Å². The standard InChI is InChI=1S/C12H15N5O/c13-11(18)8-5-15-9-6-16-12(17-10(8)9)7-1-3-14-4-2-7/h5-7,14-15H,1-4H2,(H2,13,18). The maximum atomic E-state index is 11.3. The van der Waals surface area contributed by atoms with Gasteiger partial charge in [0, 0.05) is 12.1 Å². The topological polar surface area (TPSA) is 96.7 Å². The molecule has 0 atom stereocenters. The van der Waals surface area contributed by atoms with Crippen molar-refractivity contribution in [3.05, 3.63) is 23.8 Å². The average Bonchev–Trinajstić information content (AvgIpc) is 2.82. The Kier molecular flexibility index (Phi) is 2.71. The maximum absolute atomic E-state index is 11.3. The summed E-state index contributed by atoms with van der Waals surface area (Å²) < 4.78 is 0. The number of nitrogens with one attached hydrogen (secondary N) is 2. The highest BCUT2D eigenvalue weighted by atomic mass is 16.1. The molecule has 0 radical (unpaired) electrons. The number of H-pyrrole nitrogens is 1. The molecule has 1 amide bonds. The Morgan fingerprint density at radius 3 is 2.89 bits per heavy atom. The zero-order valence-corrected chi connectivity index (χ0v) is 9.94. The van der Waals surface area contributed by atoms with Crippen molar-refractivity contribution in [1.29, 1.82) is 0 Å². The van der Waals surface area contributed by atoms with Crippen molar-refractivity contribution in [3.8, 4) is 0 Å². The van der Waals surface area contributed by atoms with E-state index in [-0.39, 0.29) is 0 Å². The molecule has 94 valence electrons. The molecule has 6 heteroatoms. The molecule has 1 saturated heterocycles. The third-order valence-electron chi connectivity index (χ3n) is 3.40. The van der Waals surface area contributed by atoms with E-state index < -0.39 is 5.91 Å². The molecule has 1 fully saturated rings. The van der Waals surface area contributed by atoms with E-state index in [1.165, 1.54) is 0 Å². The van der Waals surface area contributed by atoms with Gasteiger partial charge in [0.05, 0.1) is 17.3 Å². The summed E-state index contributed by atoms with van der Waals surface area (Å²) in [6.45, 7) is 1.98.